The Hall–Kier alpha value is -1.55. The van der Waals surface area contributed by atoms with E-state index in [9.17, 15) is 9.59 Å². The summed E-state index contributed by atoms with van der Waals surface area (Å²) in [5.41, 5.74) is 6.83. The van der Waals surface area contributed by atoms with E-state index in [2.05, 4.69) is 0 Å². The molecule has 5 heteroatoms. The SMILES string of the molecule is Cc1ccccc1N(C(=O)C(C)Cl)C(C)C(N)=O. The fourth-order valence-corrected chi connectivity index (χ4v) is 1.78. The molecule has 0 aliphatic carbocycles. The molecule has 4 nitrogen and oxygen atoms in total. The number of benzene rings is 1. The zero-order valence-electron chi connectivity index (χ0n) is 10.7. The Bertz CT molecular complexity index is 460. The second kappa shape index (κ2) is 5.87. The van der Waals surface area contributed by atoms with Crippen LogP contribution >= 0.6 is 11.6 Å². The van der Waals surface area contributed by atoms with Crippen LogP contribution in [-0.4, -0.2) is 23.2 Å². The van der Waals surface area contributed by atoms with Gasteiger partial charge in [-0.1, -0.05) is 18.2 Å². The van der Waals surface area contributed by atoms with Gasteiger partial charge in [-0.3, -0.25) is 14.5 Å². The van der Waals surface area contributed by atoms with Crippen molar-refractivity contribution < 1.29 is 9.59 Å². The first kappa shape index (κ1) is 14.5. The van der Waals surface area contributed by atoms with E-state index in [0.717, 1.165) is 5.56 Å². The highest BCUT2D eigenvalue weighted by Crippen LogP contribution is 2.23. The van der Waals surface area contributed by atoms with Crippen molar-refractivity contribution in [1.82, 2.24) is 0 Å². The second-order valence-electron chi connectivity index (χ2n) is 4.19. The molecular formula is C13H17ClN2O2. The number of carbonyl (C=O) groups excluding carboxylic acids is 2. The summed E-state index contributed by atoms with van der Waals surface area (Å²) < 4.78 is 0. The minimum absolute atomic E-state index is 0.336. The lowest BCUT2D eigenvalue weighted by molar-refractivity contribution is -0.124. The number of rotatable bonds is 4. The van der Waals surface area contributed by atoms with Crippen molar-refractivity contribution >= 4 is 29.1 Å². The van der Waals surface area contributed by atoms with Crippen LogP contribution in [0.25, 0.3) is 0 Å². The number of primary amides is 1. The van der Waals surface area contributed by atoms with Gasteiger partial charge in [0.05, 0.1) is 0 Å². The van der Waals surface area contributed by atoms with Crippen LogP contribution in [0.1, 0.15) is 19.4 Å². The van der Waals surface area contributed by atoms with Gasteiger partial charge >= 0.3 is 0 Å². The molecule has 0 spiro atoms. The summed E-state index contributed by atoms with van der Waals surface area (Å²) in [6, 6.07) is 6.56. The van der Waals surface area contributed by atoms with Gasteiger partial charge in [-0.25, -0.2) is 0 Å². The molecule has 1 aromatic rings. The highest BCUT2D eigenvalue weighted by molar-refractivity contribution is 6.33. The van der Waals surface area contributed by atoms with Crippen LogP contribution in [0.15, 0.2) is 24.3 Å². The molecular weight excluding hydrogens is 252 g/mol. The number of nitrogens with two attached hydrogens (primary N) is 1. The van der Waals surface area contributed by atoms with Crippen molar-refractivity contribution in [3.63, 3.8) is 0 Å². The van der Waals surface area contributed by atoms with Crippen molar-refractivity contribution in [2.45, 2.75) is 32.2 Å². The molecule has 2 amide bonds. The van der Waals surface area contributed by atoms with Gasteiger partial charge in [0.1, 0.15) is 11.4 Å². The Labute approximate surface area is 112 Å². The average Bonchev–Trinajstić information content (AvgIpc) is 2.31. The number of hydrogen-bond donors (Lipinski definition) is 1. The van der Waals surface area contributed by atoms with Crippen LogP contribution in [0.4, 0.5) is 5.69 Å². The predicted octanol–water partition coefficient (Wildman–Crippen LogP) is 1.83. The molecule has 0 heterocycles. The summed E-state index contributed by atoms with van der Waals surface area (Å²) >= 11 is 5.83. The van der Waals surface area contributed by atoms with Crippen LogP contribution in [0.2, 0.25) is 0 Å². The number of nitrogens with zero attached hydrogens (tertiary/aromatic N) is 1. The average molecular weight is 269 g/mol. The second-order valence-corrected chi connectivity index (χ2v) is 4.84. The van der Waals surface area contributed by atoms with Gasteiger partial charge in [0.2, 0.25) is 11.8 Å². The van der Waals surface area contributed by atoms with Gasteiger partial charge in [0.25, 0.3) is 0 Å². The maximum Gasteiger partial charge on any atom is 0.245 e. The van der Waals surface area contributed by atoms with Gasteiger partial charge in [-0.05, 0) is 32.4 Å². The fraction of sp³-hybridized carbons (Fsp3) is 0.385. The smallest absolute Gasteiger partial charge is 0.245 e. The zero-order valence-corrected chi connectivity index (χ0v) is 11.4. The molecule has 2 atom stereocenters. The minimum atomic E-state index is -0.736. The van der Waals surface area contributed by atoms with Crippen molar-refractivity contribution in [3.05, 3.63) is 29.8 Å². The Balaban J connectivity index is 3.25. The molecule has 0 saturated heterocycles. The van der Waals surface area contributed by atoms with Gasteiger partial charge in [-0.15, -0.1) is 11.6 Å². The Morgan fingerprint density at radius 1 is 1.28 bits per heavy atom. The topological polar surface area (TPSA) is 63.4 Å². The summed E-state index contributed by atoms with van der Waals surface area (Å²) in [6.07, 6.45) is 0. The van der Waals surface area contributed by atoms with Crippen molar-refractivity contribution in [1.29, 1.82) is 0 Å². The molecule has 0 aromatic heterocycles. The Morgan fingerprint density at radius 2 is 1.83 bits per heavy atom. The molecule has 1 rings (SSSR count). The number of halogens is 1. The Morgan fingerprint density at radius 3 is 2.28 bits per heavy atom. The third-order valence-electron chi connectivity index (χ3n) is 2.75. The van der Waals surface area contributed by atoms with E-state index in [4.69, 9.17) is 17.3 Å². The van der Waals surface area contributed by atoms with Crippen molar-refractivity contribution in [3.8, 4) is 0 Å². The van der Waals surface area contributed by atoms with Crippen molar-refractivity contribution in [2.75, 3.05) is 4.90 Å². The zero-order chi connectivity index (χ0) is 13.9. The number of carbonyl (C=O) groups is 2. The molecule has 0 fully saturated rings. The first-order valence-electron chi connectivity index (χ1n) is 5.68. The highest BCUT2D eigenvalue weighted by atomic mass is 35.5. The third kappa shape index (κ3) is 3.01. The van der Waals surface area contributed by atoms with E-state index < -0.39 is 17.3 Å². The normalized spacial score (nSPS) is 13.8. The summed E-state index contributed by atoms with van der Waals surface area (Å²) in [5, 5.41) is -0.716. The van der Waals surface area contributed by atoms with Crippen LogP contribution in [-0.2, 0) is 9.59 Å². The highest BCUT2D eigenvalue weighted by Gasteiger charge is 2.29. The van der Waals surface area contributed by atoms with E-state index in [-0.39, 0.29) is 5.91 Å². The molecule has 0 radical (unpaired) electrons. The van der Waals surface area contributed by atoms with Crippen LogP contribution in [0.5, 0.6) is 0 Å². The van der Waals surface area contributed by atoms with Gasteiger partial charge in [0, 0.05) is 5.69 Å². The lowest BCUT2D eigenvalue weighted by Gasteiger charge is -2.29. The molecule has 2 N–H and O–H groups in total. The fourth-order valence-electron chi connectivity index (χ4n) is 1.67. The van der Waals surface area contributed by atoms with E-state index in [0.29, 0.717) is 5.69 Å². The molecule has 18 heavy (non-hydrogen) atoms. The number of anilines is 1. The molecule has 0 aliphatic rings. The Kier molecular flexibility index (Phi) is 4.73. The van der Waals surface area contributed by atoms with Gasteiger partial charge in [0.15, 0.2) is 0 Å². The largest absolute Gasteiger partial charge is 0.368 e. The summed E-state index contributed by atoms with van der Waals surface area (Å²) in [7, 11) is 0. The molecule has 0 saturated carbocycles. The first-order chi connectivity index (χ1) is 8.36. The van der Waals surface area contributed by atoms with E-state index in [1.807, 2.05) is 19.1 Å². The number of hydrogen-bond acceptors (Lipinski definition) is 2. The summed E-state index contributed by atoms with van der Waals surface area (Å²) in [6.45, 7) is 5.02. The molecule has 0 bridgehead atoms. The summed E-state index contributed by atoms with van der Waals surface area (Å²) in [5.74, 6) is -0.902. The van der Waals surface area contributed by atoms with Gasteiger partial charge in [-0.2, -0.15) is 0 Å². The number of alkyl halides is 1. The number of amides is 2. The molecule has 1 aromatic carbocycles. The monoisotopic (exact) mass is 268 g/mol. The number of para-hydroxylation sites is 1. The molecule has 98 valence electrons. The minimum Gasteiger partial charge on any atom is -0.368 e. The molecule has 0 aliphatic heterocycles. The van der Waals surface area contributed by atoms with Crippen molar-refractivity contribution in [2.24, 2.45) is 5.73 Å². The lowest BCUT2D eigenvalue weighted by atomic mass is 10.1. The van der Waals surface area contributed by atoms with E-state index in [1.54, 1.807) is 26.0 Å². The van der Waals surface area contributed by atoms with Crippen LogP contribution in [0, 0.1) is 6.92 Å². The van der Waals surface area contributed by atoms with E-state index in [1.165, 1.54) is 4.90 Å². The van der Waals surface area contributed by atoms with Crippen LogP contribution in [0.3, 0.4) is 0 Å². The van der Waals surface area contributed by atoms with Crippen LogP contribution < -0.4 is 10.6 Å². The molecule has 2 unspecified atom stereocenters. The summed E-state index contributed by atoms with van der Waals surface area (Å²) in [4.78, 5) is 24.8. The third-order valence-corrected chi connectivity index (χ3v) is 2.94. The predicted molar refractivity (Wildman–Crippen MR) is 72.6 cm³/mol. The van der Waals surface area contributed by atoms with E-state index >= 15 is 0 Å². The quantitative estimate of drug-likeness (QED) is 0.847. The van der Waals surface area contributed by atoms with Gasteiger partial charge < -0.3 is 5.73 Å². The number of aryl methyl sites for hydroxylation is 1. The lowest BCUT2D eigenvalue weighted by Crippen LogP contribution is -2.49. The first-order valence-corrected chi connectivity index (χ1v) is 6.12. The standard InChI is InChI=1S/C13H17ClN2O2/c1-8-6-4-5-7-11(8)16(10(3)12(15)17)13(18)9(2)14/h4-7,9-10H,1-3H3,(H2,15,17). The maximum atomic E-state index is 12.1. The maximum absolute atomic E-state index is 12.1.